The Morgan fingerprint density at radius 2 is 1.86 bits per heavy atom. The lowest BCUT2D eigenvalue weighted by Crippen LogP contribution is -2.38. The van der Waals surface area contributed by atoms with Gasteiger partial charge in [-0.25, -0.2) is 9.18 Å². The zero-order chi connectivity index (χ0) is 20.3. The Bertz CT molecular complexity index is 813. The van der Waals surface area contributed by atoms with Gasteiger partial charge in [-0.15, -0.1) is 0 Å². The molecule has 0 saturated heterocycles. The van der Waals surface area contributed by atoms with Crippen LogP contribution in [0.1, 0.15) is 49.8 Å². The Kier molecular flexibility index (Phi) is 6.04. The SMILES string of the molecule is CC(C)(C)OC(=O)N(Cc1cccc(CCO)c1)[C@@H]1C[C@H]1c1ccc(F)cc1. The van der Waals surface area contributed by atoms with Crippen molar-refractivity contribution in [3.63, 3.8) is 0 Å². The molecule has 1 aliphatic rings. The number of nitrogens with zero attached hydrogens (tertiary/aromatic N) is 1. The van der Waals surface area contributed by atoms with E-state index in [1.54, 1.807) is 17.0 Å². The molecule has 0 radical (unpaired) electrons. The van der Waals surface area contributed by atoms with Gasteiger partial charge in [-0.3, -0.25) is 0 Å². The predicted octanol–water partition coefficient (Wildman–Crippen LogP) is 4.65. The van der Waals surface area contributed by atoms with E-state index < -0.39 is 5.60 Å². The van der Waals surface area contributed by atoms with E-state index >= 15 is 0 Å². The summed E-state index contributed by atoms with van der Waals surface area (Å²) in [5.41, 5.74) is 2.50. The fourth-order valence-electron chi connectivity index (χ4n) is 3.44. The minimum Gasteiger partial charge on any atom is -0.444 e. The Hall–Kier alpha value is -2.40. The fourth-order valence-corrected chi connectivity index (χ4v) is 3.44. The summed E-state index contributed by atoms with van der Waals surface area (Å²) in [6.45, 7) is 6.10. The van der Waals surface area contributed by atoms with Crippen molar-refractivity contribution in [2.24, 2.45) is 0 Å². The highest BCUT2D eigenvalue weighted by Gasteiger charge is 2.46. The van der Waals surface area contributed by atoms with Crippen LogP contribution >= 0.6 is 0 Å². The van der Waals surface area contributed by atoms with Crippen LogP contribution in [0.2, 0.25) is 0 Å². The first-order chi connectivity index (χ1) is 13.3. The minimum atomic E-state index is -0.575. The van der Waals surface area contributed by atoms with Gasteiger partial charge in [-0.05, 0) is 62.4 Å². The number of halogens is 1. The molecule has 0 bridgehead atoms. The highest BCUT2D eigenvalue weighted by molar-refractivity contribution is 5.69. The van der Waals surface area contributed by atoms with E-state index in [-0.39, 0.29) is 30.5 Å². The number of benzene rings is 2. The van der Waals surface area contributed by atoms with Crippen LogP contribution < -0.4 is 0 Å². The van der Waals surface area contributed by atoms with Crippen LogP contribution in [-0.4, -0.2) is 34.3 Å². The summed E-state index contributed by atoms with van der Waals surface area (Å²) in [6.07, 6.45) is 1.08. The zero-order valence-corrected chi connectivity index (χ0v) is 16.7. The minimum absolute atomic E-state index is 0.0295. The number of aliphatic hydroxyl groups excluding tert-OH is 1. The third-order valence-electron chi connectivity index (χ3n) is 4.83. The van der Waals surface area contributed by atoms with E-state index in [0.717, 1.165) is 23.1 Å². The summed E-state index contributed by atoms with van der Waals surface area (Å²) in [6, 6.07) is 14.4. The van der Waals surface area contributed by atoms with E-state index in [1.165, 1.54) is 12.1 Å². The fraction of sp³-hybridized carbons (Fsp3) is 0.435. The second-order valence-electron chi connectivity index (χ2n) is 8.36. The average Bonchev–Trinajstić information content (AvgIpc) is 3.40. The summed E-state index contributed by atoms with van der Waals surface area (Å²) in [7, 11) is 0. The first kappa shape index (κ1) is 20.3. The van der Waals surface area contributed by atoms with E-state index in [1.807, 2.05) is 45.0 Å². The molecule has 2 atom stereocenters. The number of ether oxygens (including phenoxy) is 1. The normalized spacial score (nSPS) is 18.6. The Morgan fingerprint density at radius 1 is 1.18 bits per heavy atom. The van der Waals surface area contributed by atoms with Crippen molar-refractivity contribution in [3.05, 3.63) is 71.0 Å². The number of carbonyl (C=O) groups excluding carboxylic acids is 1. The molecular weight excluding hydrogens is 357 g/mol. The van der Waals surface area contributed by atoms with Gasteiger partial charge in [0.1, 0.15) is 11.4 Å². The van der Waals surface area contributed by atoms with Crippen molar-refractivity contribution in [1.82, 2.24) is 4.90 Å². The third-order valence-corrected chi connectivity index (χ3v) is 4.83. The van der Waals surface area contributed by atoms with Crippen molar-refractivity contribution in [2.75, 3.05) is 6.61 Å². The van der Waals surface area contributed by atoms with Crippen LogP contribution in [0.5, 0.6) is 0 Å². The quantitative estimate of drug-likeness (QED) is 0.787. The highest BCUT2D eigenvalue weighted by atomic mass is 19.1. The number of hydrogen-bond acceptors (Lipinski definition) is 3. The highest BCUT2D eigenvalue weighted by Crippen LogP contribution is 2.45. The molecule has 2 aromatic rings. The number of amides is 1. The molecule has 0 aromatic heterocycles. The maximum Gasteiger partial charge on any atom is 0.410 e. The van der Waals surface area contributed by atoms with Gasteiger partial charge >= 0.3 is 6.09 Å². The van der Waals surface area contributed by atoms with Gasteiger partial charge in [-0.1, -0.05) is 36.4 Å². The molecular formula is C23H28FNO3. The standard InChI is InChI=1S/C23H28FNO3/c1-23(2,3)28-22(27)25(15-17-6-4-5-16(13-17)11-12-26)21-14-20(21)18-7-9-19(24)10-8-18/h4-10,13,20-21,26H,11-12,14-15H2,1-3H3/t20-,21+/m0/s1. The zero-order valence-electron chi connectivity index (χ0n) is 16.7. The molecule has 0 aliphatic heterocycles. The van der Waals surface area contributed by atoms with E-state index in [4.69, 9.17) is 4.74 Å². The molecule has 2 aromatic carbocycles. The van der Waals surface area contributed by atoms with Crippen LogP contribution in [-0.2, 0) is 17.7 Å². The van der Waals surface area contributed by atoms with Gasteiger partial charge in [0, 0.05) is 25.1 Å². The monoisotopic (exact) mass is 385 g/mol. The van der Waals surface area contributed by atoms with Gasteiger partial charge in [0.15, 0.2) is 0 Å². The van der Waals surface area contributed by atoms with E-state index in [9.17, 15) is 14.3 Å². The van der Waals surface area contributed by atoms with E-state index in [2.05, 4.69) is 0 Å². The molecule has 1 fully saturated rings. The van der Waals surface area contributed by atoms with Gasteiger partial charge in [-0.2, -0.15) is 0 Å². The molecule has 1 amide bonds. The maximum absolute atomic E-state index is 13.2. The smallest absolute Gasteiger partial charge is 0.410 e. The Labute approximate surface area is 165 Å². The van der Waals surface area contributed by atoms with Crippen molar-refractivity contribution < 1.29 is 19.0 Å². The average molecular weight is 385 g/mol. The molecule has 0 unspecified atom stereocenters. The topological polar surface area (TPSA) is 49.8 Å². The number of rotatable bonds is 6. The molecule has 1 N–H and O–H groups in total. The lowest BCUT2D eigenvalue weighted by Gasteiger charge is -2.28. The maximum atomic E-state index is 13.2. The summed E-state index contributed by atoms with van der Waals surface area (Å²) in [5, 5.41) is 9.18. The molecule has 1 saturated carbocycles. The summed E-state index contributed by atoms with van der Waals surface area (Å²) in [5.74, 6) is -0.0700. The van der Waals surface area contributed by atoms with Crippen LogP contribution in [0.4, 0.5) is 9.18 Å². The molecule has 150 valence electrons. The molecule has 0 spiro atoms. The van der Waals surface area contributed by atoms with Crippen LogP contribution in [0.15, 0.2) is 48.5 Å². The Balaban J connectivity index is 1.79. The predicted molar refractivity (Wildman–Crippen MR) is 107 cm³/mol. The molecule has 28 heavy (non-hydrogen) atoms. The summed E-state index contributed by atoms with van der Waals surface area (Å²) < 4.78 is 18.9. The van der Waals surface area contributed by atoms with Gasteiger partial charge < -0.3 is 14.7 Å². The second-order valence-corrected chi connectivity index (χ2v) is 8.36. The third kappa shape index (κ3) is 5.32. The largest absolute Gasteiger partial charge is 0.444 e. The second kappa shape index (κ2) is 8.31. The first-order valence-corrected chi connectivity index (χ1v) is 9.70. The molecule has 5 heteroatoms. The van der Waals surface area contributed by atoms with Crippen LogP contribution in [0.3, 0.4) is 0 Å². The lowest BCUT2D eigenvalue weighted by atomic mass is 10.1. The van der Waals surface area contributed by atoms with Gasteiger partial charge in [0.05, 0.1) is 0 Å². The summed E-state index contributed by atoms with van der Waals surface area (Å²) >= 11 is 0. The molecule has 4 nitrogen and oxygen atoms in total. The molecule has 3 rings (SSSR count). The Morgan fingerprint density at radius 3 is 2.50 bits per heavy atom. The van der Waals surface area contributed by atoms with Crippen molar-refractivity contribution in [3.8, 4) is 0 Å². The molecule has 1 aliphatic carbocycles. The number of carbonyl (C=O) groups is 1. The lowest BCUT2D eigenvalue weighted by molar-refractivity contribution is 0.0212. The van der Waals surface area contributed by atoms with Crippen molar-refractivity contribution in [2.45, 2.75) is 57.7 Å². The molecule has 0 heterocycles. The van der Waals surface area contributed by atoms with E-state index in [0.29, 0.717) is 13.0 Å². The summed E-state index contributed by atoms with van der Waals surface area (Å²) in [4.78, 5) is 14.7. The first-order valence-electron chi connectivity index (χ1n) is 9.70. The number of hydrogen-bond donors (Lipinski definition) is 1. The number of aliphatic hydroxyl groups is 1. The van der Waals surface area contributed by atoms with Crippen LogP contribution in [0.25, 0.3) is 0 Å². The van der Waals surface area contributed by atoms with Crippen molar-refractivity contribution in [1.29, 1.82) is 0 Å². The van der Waals surface area contributed by atoms with Crippen molar-refractivity contribution >= 4 is 6.09 Å². The van der Waals surface area contributed by atoms with Crippen LogP contribution in [0, 0.1) is 5.82 Å². The van der Waals surface area contributed by atoms with Gasteiger partial charge in [0.25, 0.3) is 0 Å². The van der Waals surface area contributed by atoms with Gasteiger partial charge in [0.2, 0.25) is 0 Å².